The molecule has 0 fully saturated rings. The van der Waals surface area contributed by atoms with E-state index in [1.807, 2.05) is 30.3 Å². The van der Waals surface area contributed by atoms with Gasteiger partial charge in [-0.25, -0.2) is 4.79 Å². The number of hydrogen-bond donors (Lipinski definition) is 2. The number of anilines is 1. The first kappa shape index (κ1) is 20.7. The van der Waals surface area contributed by atoms with Crippen molar-refractivity contribution in [3.05, 3.63) is 56.7 Å². The predicted molar refractivity (Wildman–Crippen MR) is 113 cm³/mol. The largest absolute Gasteiger partial charge is 0.354 e. The number of imidazole rings is 1. The molecule has 0 radical (unpaired) electrons. The lowest BCUT2D eigenvalue weighted by Gasteiger charge is -2.11. The van der Waals surface area contributed by atoms with Gasteiger partial charge in [-0.05, 0) is 5.56 Å². The summed E-state index contributed by atoms with van der Waals surface area (Å²) in [5, 5.41) is 5.91. The van der Waals surface area contributed by atoms with E-state index in [-0.39, 0.29) is 18.2 Å². The first-order valence-electron chi connectivity index (χ1n) is 9.20. The molecule has 2 heterocycles. The van der Waals surface area contributed by atoms with E-state index in [4.69, 9.17) is 11.6 Å². The molecule has 9 nitrogen and oxygen atoms in total. The summed E-state index contributed by atoms with van der Waals surface area (Å²) in [6.45, 7) is 1.19. The minimum atomic E-state index is -0.438. The van der Waals surface area contributed by atoms with E-state index < -0.39 is 11.2 Å². The van der Waals surface area contributed by atoms with E-state index in [0.717, 1.165) is 10.1 Å². The zero-order chi connectivity index (χ0) is 21.0. The van der Waals surface area contributed by atoms with Crippen molar-refractivity contribution < 1.29 is 4.79 Å². The molecular formula is C19H23ClN6O3. The molecule has 1 amide bonds. The van der Waals surface area contributed by atoms with Crippen molar-refractivity contribution in [1.29, 1.82) is 0 Å². The van der Waals surface area contributed by atoms with Crippen molar-refractivity contribution in [1.82, 2.24) is 24.0 Å². The summed E-state index contributed by atoms with van der Waals surface area (Å²) < 4.78 is 4.18. The van der Waals surface area contributed by atoms with Crippen molar-refractivity contribution in [2.45, 2.75) is 13.0 Å². The number of fused-ring (bicyclic) bond motifs is 1. The second kappa shape index (κ2) is 8.95. The van der Waals surface area contributed by atoms with Gasteiger partial charge >= 0.3 is 5.69 Å². The van der Waals surface area contributed by atoms with Gasteiger partial charge in [-0.15, -0.1) is 11.6 Å². The minimum Gasteiger partial charge on any atom is -0.354 e. The zero-order valence-electron chi connectivity index (χ0n) is 16.3. The van der Waals surface area contributed by atoms with Crippen LogP contribution in [0.1, 0.15) is 12.0 Å². The highest BCUT2D eigenvalue weighted by atomic mass is 35.5. The van der Waals surface area contributed by atoms with Gasteiger partial charge in [-0.3, -0.25) is 23.3 Å². The lowest BCUT2D eigenvalue weighted by Crippen LogP contribution is -2.37. The maximum absolute atomic E-state index is 12.8. The van der Waals surface area contributed by atoms with Gasteiger partial charge in [0.2, 0.25) is 11.9 Å². The number of alkyl halides is 1. The molecule has 3 aromatic rings. The van der Waals surface area contributed by atoms with Crippen molar-refractivity contribution in [3.8, 4) is 0 Å². The maximum Gasteiger partial charge on any atom is 0.332 e. The summed E-state index contributed by atoms with van der Waals surface area (Å²) in [5.74, 6) is 0.591. The van der Waals surface area contributed by atoms with Crippen molar-refractivity contribution >= 4 is 34.6 Å². The number of hydrogen-bond acceptors (Lipinski definition) is 5. The summed E-state index contributed by atoms with van der Waals surface area (Å²) in [7, 11) is 3.03. The average Bonchev–Trinajstić information content (AvgIpc) is 3.07. The van der Waals surface area contributed by atoms with Crippen LogP contribution >= 0.6 is 11.6 Å². The molecule has 10 heteroatoms. The molecule has 0 aliphatic carbocycles. The highest BCUT2D eigenvalue weighted by Gasteiger charge is 2.19. The van der Waals surface area contributed by atoms with Gasteiger partial charge in [0.1, 0.15) is 0 Å². The monoisotopic (exact) mass is 418 g/mol. The summed E-state index contributed by atoms with van der Waals surface area (Å²) in [6.07, 6.45) is 0.256. The van der Waals surface area contributed by atoms with Gasteiger partial charge in [-0.1, -0.05) is 30.3 Å². The molecule has 0 atom stereocenters. The Labute approximate surface area is 171 Å². The third-order valence-electron chi connectivity index (χ3n) is 4.58. The second-order valence-electron chi connectivity index (χ2n) is 6.60. The molecule has 2 aromatic heterocycles. The second-order valence-corrected chi connectivity index (χ2v) is 6.98. The van der Waals surface area contributed by atoms with E-state index in [9.17, 15) is 14.4 Å². The van der Waals surface area contributed by atoms with E-state index in [2.05, 4.69) is 15.6 Å². The molecule has 0 saturated heterocycles. The van der Waals surface area contributed by atoms with Gasteiger partial charge in [0.05, 0.1) is 6.54 Å². The van der Waals surface area contributed by atoms with Crippen LogP contribution in [-0.4, -0.2) is 43.6 Å². The highest BCUT2D eigenvalue weighted by molar-refractivity contribution is 6.18. The first-order valence-corrected chi connectivity index (χ1v) is 9.74. The number of aromatic nitrogens is 4. The number of amides is 1. The smallest absolute Gasteiger partial charge is 0.332 e. The Morgan fingerprint density at radius 3 is 2.52 bits per heavy atom. The van der Waals surface area contributed by atoms with E-state index in [1.54, 1.807) is 11.6 Å². The van der Waals surface area contributed by atoms with Crippen LogP contribution < -0.4 is 21.9 Å². The number of aryl methyl sites for hydroxylation is 1. The Balaban J connectivity index is 1.97. The third-order valence-corrected chi connectivity index (χ3v) is 4.77. The number of nitrogens with zero attached hydrogens (tertiary/aromatic N) is 4. The Kier molecular flexibility index (Phi) is 6.38. The number of carbonyl (C=O) groups is 1. The molecule has 2 N–H and O–H groups in total. The lowest BCUT2D eigenvalue weighted by molar-refractivity contribution is -0.120. The molecule has 0 aliphatic rings. The van der Waals surface area contributed by atoms with Crippen LogP contribution in [0.2, 0.25) is 0 Å². The summed E-state index contributed by atoms with van der Waals surface area (Å²) in [5.41, 5.74) is 0.790. The van der Waals surface area contributed by atoms with Gasteiger partial charge in [-0.2, -0.15) is 4.98 Å². The van der Waals surface area contributed by atoms with E-state index in [0.29, 0.717) is 36.7 Å². The van der Waals surface area contributed by atoms with Crippen LogP contribution in [0, 0.1) is 0 Å². The first-order chi connectivity index (χ1) is 13.9. The Morgan fingerprint density at radius 2 is 1.83 bits per heavy atom. The maximum atomic E-state index is 12.8. The van der Waals surface area contributed by atoms with Gasteiger partial charge < -0.3 is 10.6 Å². The summed E-state index contributed by atoms with van der Waals surface area (Å²) in [6, 6.07) is 9.66. The molecule has 0 spiro atoms. The summed E-state index contributed by atoms with van der Waals surface area (Å²) >= 11 is 5.55. The minimum absolute atomic E-state index is 0.129. The Morgan fingerprint density at radius 1 is 1.10 bits per heavy atom. The molecule has 0 saturated carbocycles. The number of rotatable bonds is 8. The normalized spacial score (nSPS) is 11.0. The molecule has 1 aromatic carbocycles. The fraction of sp³-hybridized carbons (Fsp3) is 0.368. The molecule has 0 aliphatic heterocycles. The highest BCUT2D eigenvalue weighted by Crippen LogP contribution is 2.17. The van der Waals surface area contributed by atoms with Crippen LogP contribution in [0.15, 0.2) is 39.9 Å². The van der Waals surface area contributed by atoms with Crippen LogP contribution in [0.25, 0.3) is 11.2 Å². The fourth-order valence-corrected chi connectivity index (χ4v) is 3.22. The SMILES string of the molecule is Cn1c(=O)c2c(nc(NCCNC(=O)CCCl)n2Cc2ccccc2)n(C)c1=O. The molecule has 154 valence electrons. The standard InChI is InChI=1S/C19H23ClN6O3/c1-24-16-15(17(28)25(2)19(24)29)26(12-13-6-4-3-5-7-13)18(23-16)22-11-10-21-14(27)8-9-20/h3-7H,8-12H2,1-2H3,(H,21,27)(H,22,23). The quantitative estimate of drug-likeness (QED) is 0.413. The molecule has 0 unspecified atom stereocenters. The van der Waals surface area contributed by atoms with Crippen LogP contribution in [0.4, 0.5) is 5.95 Å². The van der Waals surface area contributed by atoms with Crippen molar-refractivity contribution in [2.24, 2.45) is 14.1 Å². The third kappa shape index (κ3) is 4.34. The van der Waals surface area contributed by atoms with Crippen LogP contribution in [0.3, 0.4) is 0 Å². The molecule has 0 bridgehead atoms. The zero-order valence-corrected chi connectivity index (χ0v) is 17.1. The van der Waals surface area contributed by atoms with Crippen LogP contribution in [0.5, 0.6) is 0 Å². The fourth-order valence-electron chi connectivity index (χ4n) is 3.05. The number of benzene rings is 1. The van der Waals surface area contributed by atoms with Crippen LogP contribution in [-0.2, 0) is 25.4 Å². The topological polar surface area (TPSA) is 103 Å². The van der Waals surface area contributed by atoms with Gasteiger partial charge in [0.15, 0.2) is 11.2 Å². The predicted octanol–water partition coefficient (Wildman–Crippen LogP) is 0.639. The Bertz CT molecular complexity index is 1130. The van der Waals surface area contributed by atoms with Crippen molar-refractivity contribution in [2.75, 3.05) is 24.3 Å². The molecule has 29 heavy (non-hydrogen) atoms. The number of halogens is 1. The summed E-state index contributed by atoms with van der Waals surface area (Å²) in [4.78, 5) is 41.1. The Hall–Kier alpha value is -3.07. The molecule has 3 rings (SSSR count). The molecular weight excluding hydrogens is 396 g/mol. The van der Waals surface area contributed by atoms with Gasteiger partial charge in [0, 0.05) is 39.5 Å². The van der Waals surface area contributed by atoms with E-state index >= 15 is 0 Å². The average molecular weight is 419 g/mol. The number of carbonyl (C=O) groups excluding carboxylic acids is 1. The lowest BCUT2D eigenvalue weighted by atomic mass is 10.2. The van der Waals surface area contributed by atoms with E-state index in [1.165, 1.54) is 11.6 Å². The van der Waals surface area contributed by atoms with Crippen molar-refractivity contribution in [3.63, 3.8) is 0 Å². The number of nitrogens with one attached hydrogen (secondary N) is 2. The van der Waals surface area contributed by atoms with Gasteiger partial charge in [0.25, 0.3) is 5.56 Å².